The summed E-state index contributed by atoms with van der Waals surface area (Å²) in [5, 5.41) is 23.7. The lowest BCUT2D eigenvalue weighted by molar-refractivity contribution is -0.00734. The average Bonchev–Trinajstić information content (AvgIpc) is 3.48. The van der Waals surface area contributed by atoms with E-state index in [0.29, 0.717) is 28.2 Å². The maximum absolute atomic E-state index is 14.7. The van der Waals surface area contributed by atoms with Gasteiger partial charge in [-0.25, -0.2) is 27.2 Å². The van der Waals surface area contributed by atoms with Gasteiger partial charge in [-0.15, -0.1) is 0 Å². The maximum Gasteiger partial charge on any atom is 0.137 e. The van der Waals surface area contributed by atoms with E-state index < -0.39 is 28.9 Å². The third-order valence-corrected chi connectivity index (χ3v) is 5.87. The normalized spacial score (nSPS) is 13.1. The van der Waals surface area contributed by atoms with Crippen LogP contribution in [-0.2, 0) is 25.2 Å². The van der Waals surface area contributed by atoms with E-state index in [2.05, 4.69) is 20.5 Å². The molecule has 3 aromatic carbocycles. The fraction of sp³-hybridized carbons (Fsp3) is 0.160. The quantitative estimate of drug-likeness (QED) is 0.312. The van der Waals surface area contributed by atoms with E-state index in [1.54, 1.807) is 24.4 Å². The highest BCUT2D eigenvalue weighted by molar-refractivity contribution is 5.82. The third kappa shape index (κ3) is 4.78. The second kappa shape index (κ2) is 9.42. The molecule has 0 saturated carbocycles. The van der Waals surface area contributed by atoms with Gasteiger partial charge in [-0.3, -0.25) is 4.68 Å². The van der Waals surface area contributed by atoms with Crippen molar-refractivity contribution in [1.29, 1.82) is 0 Å². The second-order valence-corrected chi connectivity index (χ2v) is 8.41. The molecule has 1 unspecified atom stereocenters. The van der Waals surface area contributed by atoms with E-state index in [1.165, 1.54) is 40.2 Å². The monoisotopic (exact) mass is 496 g/mol. The van der Waals surface area contributed by atoms with Gasteiger partial charge in [0.1, 0.15) is 41.5 Å². The highest BCUT2D eigenvalue weighted by atomic mass is 19.1. The zero-order valence-corrected chi connectivity index (χ0v) is 18.7. The SMILES string of the molecule is OC(Cn1cncn1)(Cn1ncc2cc(NCc3ccc(F)cc3F)ccc21)c1ccc(F)cc1F. The molecule has 0 bridgehead atoms. The number of halogens is 4. The highest BCUT2D eigenvalue weighted by Crippen LogP contribution is 2.30. The molecule has 0 aliphatic carbocycles. The molecule has 11 heteroatoms. The molecule has 0 aliphatic rings. The lowest BCUT2D eigenvalue weighted by Crippen LogP contribution is -2.37. The number of fused-ring (bicyclic) bond motifs is 1. The first-order valence-corrected chi connectivity index (χ1v) is 10.9. The predicted octanol–water partition coefficient (Wildman–Crippen LogP) is 4.38. The van der Waals surface area contributed by atoms with Crippen LogP contribution in [0.25, 0.3) is 10.9 Å². The average molecular weight is 496 g/mol. The first-order chi connectivity index (χ1) is 17.3. The van der Waals surface area contributed by atoms with E-state index in [1.807, 2.05) is 0 Å². The fourth-order valence-electron chi connectivity index (χ4n) is 4.10. The van der Waals surface area contributed by atoms with Crippen LogP contribution in [0.1, 0.15) is 11.1 Å². The van der Waals surface area contributed by atoms with Crippen molar-refractivity contribution < 1.29 is 22.7 Å². The zero-order valence-electron chi connectivity index (χ0n) is 18.7. The second-order valence-electron chi connectivity index (χ2n) is 8.41. The van der Waals surface area contributed by atoms with Crippen molar-refractivity contribution in [2.24, 2.45) is 0 Å². The van der Waals surface area contributed by atoms with Crippen LogP contribution in [0.5, 0.6) is 0 Å². The summed E-state index contributed by atoms with van der Waals surface area (Å²) >= 11 is 0. The number of nitrogens with one attached hydrogen (secondary N) is 1. The summed E-state index contributed by atoms with van der Waals surface area (Å²) in [5.41, 5.74) is -0.308. The minimum absolute atomic E-state index is 0.109. The van der Waals surface area contributed by atoms with Gasteiger partial charge in [-0.05, 0) is 30.3 Å². The van der Waals surface area contributed by atoms with E-state index >= 15 is 0 Å². The summed E-state index contributed by atoms with van der Waals surface area (Å²) in [7, 11) is 0. The molecule has 36 heavy (non-hydrogen) atoms. The van der Waals surface area contributed by atoms with Gasteiger partial charge in [0.05, 0.1) is 24.8 Å². The largest absolute Gasteiger partial charge is 0.381 e. The number of hydrogen-bond acceptors (Lipinski definition) is 5. The zero-order chi connectivity index (χ0) is 25.3. The fourth-order valence-corrected chi connectivity index (χ4v) is 4.10. The Hall–Kier alpha value is -4.25. The number of hydrogen-bond donors (Lipinski definition) is 2. The number of aromatic nitrogens is 5. The van der Waals surface area contributed by atoms with E-state index in [0.717, 1.165) is 12.1 Å². The number of nitrogens with zero attached hydrogens (tertiary/aromatic N) is 5. The summed E-state index contributed by atoms with van der Waals surface area (Å²) in [6, 6.07) is 11.7. The Bertz CT molecular complexity index is 1520. The molecule has 2 N–H and O–H groups in total. The van der Waals surface area contributed by atoms with Gasteiger partial charge >= 0.3 is 0 Å². The lowest BCUT2D eigenvalue weighted by atomic mass is 9.92. The van der Waals surface area contributed by atoms with E-state index in [4.69, 9.17) is 0 Å². The molecule has 0 saturated heterocycles. The van der Waals surface area contributed by atoms with Crippen molar-refractivity contribution >= 4 is 16.6 Å². The molecule has 5 rings (SSSR count). The Morgan fingerprint density at radius 1 is 0.861 bits per heavy atom. The summed E-state index contributed by atoms with van der Waals surface area (Å²) < 4.78 is 58.2. The van der Waals surface area contributed by atoms with E-state index in [-0.39, 0.29) is 25.2 Å². The van der Waals surface area contributed by atoms with Crippen LogP contribution >= 0.6 is 0 Å². The molecular formula is C25H20F4N6O. The van der Waals surface area contributed by atoms with Gasteiger partial charge in [-0.1, -0.05) is 12.1 Å². The van der Waals surface area contributed by atoms with E-state index in [9.17, 15) is 22.7 Å². The summed E-state index contributed by atoms with van der Waals surface area (Å²) in [5.74, 6) is -2.94. The van der Waals surface area contributed by atoms with Gasteiger partial charge < -0.3 is 10.4 Å². The van der Waals surface area contributed by atoms with Crippen LogP contribution in [0.2, 0.25) is 0 Å². The molecule has 0 spiro atoms. The standard InChI is InChI=1S/C25H20F4N6O/c26-18-2-1-16(22(28)8-18)10-31-20-4-6-24-17(7-20)11-32-35(24)13-25(36,12-34-15-30-14-33-34)21-5-3-19(27)9-23(21)29/h1-9,11,14-15,31,36H,10,12-13H2. The Morgan fingerprint density at radius 2 is 1.64 bits per heavy atom. The number of anilines is 1. The predicted molar refractivity (Wildman–Crippen MR) is 124 cm³/mol. The minimum atomic E-state index is -1.83. The van der Waals surface area contributed by atoms with Crippen molar-refractivity contribution in [2.75, 3.05) is 5.32 Å². The van der Waals surface area contributed by atoms with Crippen molar-refractivity contribution in [1.82, 2.24) is 24.5 Å². The molecule has 5 aromatic rings. The third-order valence-electron chi connectivity index (χ3n) is 5.87. The highest BCUT2D eigenvalue weighted by Gasteiger charge is 2.35. The Morgan fingerprint density at radius 3 is 2.36 bits per heavy atom. The van der Waals surface area contributed by atoms with Gasteiger partial charge in [0.2, 0.25) is 0 Å². The maximum atomic E-state index is 14.7. The Balaban J connectivity index is 1.42. The van der Waals surface area contributed by atoms with Crippen molar-refractivity contribution in [3.05, 3.63) is 108 Å². The van der Waals surface area contributed by atoms with Crippen LogP contribution in [0.4, 0.5) is 23.2 Å². The first-order valence-electron chi connectivity index (χ1n) is 10.9. The number of benzene rings is 3. The lowest BCUT2D eigenvalue weighted by Gasteiger charge is -2.29. The van der Waals surface area contributed by atoms with Crippen molar-refractivity contribution in [3.8, 4) is 0 Å². The molecule has 7 nitrogen and oxygen atoms in total. The molecule has 184 valence electrons. The van der Waals surface area contributed by atoms with Gasteiger partial charge in [-0.2, -0.15) is 10.2 Å². The topological polar surface area (TPSA) is 80.8 Å². The molecule has 0 aliphatic heterocycles. The molecule has 1 atom stereocenters. The smallest absolute Gasteiger partial charge is 0.137 e. The molecule has 0 fully saturated rings. The van der Waals surface area contributed by atoms with Gasteiger partial charge in [0, 0.05) is 40.9 Å². The molecule has 0 radical (unpaired) electrons. The van der Waals surface area contributed by atoms with Gasteiger partial charge in [0.15, 0.2) is 0 Å². The molecule has 2 aromatic heterocycles. The number of rotatable bonds is 8. The van der Waals surface area contributed by atoms with Gasteiger partial charge in [0.25, 0.3) is 0 Å². The van der Waals surface area contributed by atoms with Crippen molar-refractivity contribution in [3.63, 3.8) is 0 Å². The van der Waals surface area contributed by atoms with Crippen LogP contribution in [0, 0.1) is 23.3 Å². The molecule has 0 amide bonds. The number of aliphatic hydroxyl groups is 1. The minimum Gasteiger partial charge on any atom is -0.381 e. The molecule has 2 heterocycles. The summed E-state index contributed by atoms with van der Waals surface area (Å²) in [6.07, 6.45) is 4.25. The summed E-state index contributed by atoms with van der Waals surface area (Å²) in [4.78, 5) is 3.86. The van der Waals surface area contributed by atoms with Crippen LogP contribution in [0.3, 0.4) is 0 Å². The van der Waals surface area contributed by atoms with Crippen molar-refractivity contribution in [2.45, 2.75) is 25.2 Å². The molecular weight excluding hydrogens is 476 g/mol. The summed E-state index contributed by atoms with van der Waals surface area (Å²) in [6.45, 7) is -0.167. The Labute approximate surface area is 202 Å². The van der Waals surface area contributed by atoms with Crippen LogP contribution < -0.4 is 5.32 Å². The van der Waals surface area contributed by atoms with Crippen LogP contribution in [0.15, 0.2) is 73.4 Å². The first kappa shape index (κ1) is 23.5. The Kier molecular flexibility index (Phi) is 6.15. The van der Waals surface area contributed by atoms with Crippen LogP contribution in [-0.4, -0.2) is 29.7 Å².